The van der Waals surface area contributed by atoms with Crippen LogP contribution >= 0.6 is 22.9 Å². The van der Waals surface area contributed by atoms with Crippen LogP contribution in [0.4, 0.5) is 0 Å². The van der Waals surface area contributed by atoms with Crippen LogP contribution in [0.3, 0.4) is 0 Å². The van der Waals surface area contributed by atoms with E-state index in [9.17, 15) is 9.90 Å². The van der Waals surface area contributed by atoms with Crippen LogP contribution in [0, 0.1) is 0 Å². The third-order valence-electron chi connectivity index (χ3n) is 2.59. The summed E-state index contributed by atoms with van der Waals surface area (Å²) in [5.74, 6) is -0.324. The van der Waals surface area contributed by atoms with Crippen molar-refractivity contribution in [2.24, 2.45) is 0 Å². The molecule has 0 aliphatic carbocycles. The smallest absolute Gasteiger partial charge is 0.347 e. The van der Waals surface area contributed by atoms with Gasteiger partial charge in [-0.3, -0.25) is 0 Å². The first-order valence-corrected chi connectivity index (χ1v) is 7.40. The molecule has 0 bridgehead atoms. The second-order valence-corrected chi connectivity index (χ2v) is 5.70. The van der Waals surface area contributed by atoms with Crippen molar-refractivity contribution in [2.75, 3.05) is 0 Å². The van der Waals surface area contributed by atoms with Gasteiger partial charge >= 0.3 is 5.97 Å². The number of benzene rings is 1. The highest BCUT2D eigenvalue weighted by molar-refractivity contribution is 7.13. The van der Waals surface area contributed by atoms with Crippen molar-refractivity contribution in [3.05, 3.63) is 44.9 Å². The number of aromatic carboxylic acids is 1. The van der Waals surface area contributed by atoms with Crippen molar-refractivity contribution in [1.82, 2.24) is 4.98 Å². The summed E-state index contributed by atoms with van der Waals surface area (Å²) in [6.45, 7) is 2.18. The van der Waals surface area contributed by atoms with Gasteiger partial charge in [-0.2, -0.15) is 0 Å². The van der Waals surface area contributed by atoms with Crippen LogP contribution < -0.4 is 4.74 Å². The van der Waals surface area contributed by atoms with Gasteiger partial charge in [0.1, 0.15) is 22.9 Å². The zero-order valence-corrected chi connectivity index (χ0v) is 12.5. The molecule has 2 aromatic rings. The van der Waals surface area contributed by atoms with E-state index in [1.807, 2.05) is 6.92 Å². The highest BCUT2D eigenvalue weighted by Gasteiger charge is 2.17. The minimum atomic E-state index is -0.959. The summed E-state index contributed by atoms with van der Waals surface area (Å²) in [6.07, 6.45) is 1.72. The Labute approximate surface area is 126 Å². The van der Waals surface area contributed by atoms with Gasteiger partial charge in [-0.25, -0.2) is 9.78 Å². The van der Waals surface area contributed by atoms with Crippen molar-refractivity contribution in [2.45, 2.75) is 26.4 Å². The number of thiazole rings is 1. The fraction of sp³-hybridized carbons (Fsp3) is 0.286. The molecule has 0 radical (unpaired) electrons. The molecule has 0 fully saturated rings. The molecule has 6 heteroatoms. The van der Waals surface area contributed by atoms with Gasteiger partial charge in [-0.15, -0.1) is 11.3 Å². The van der Waals surface area contributed by atoms with E-state index in [-0.39, 0.29) is 11.5 Å². The van der Waals surface area contributed by atoms with Gasteiger partial charge in [0.25, 0.3) is 0 Å². The van der Waals surface area contributed by atoms with Gasteiger partial charge in [0, 0.05) is 5.02 Å². The van der Waals surface area contributed by atoms with Crippen LogP contribution in [-0.4, -0.2) is 16.1 Å². The van der Waals surface area contributed by atoms with Crippen LogP contribution in [0.25, 0.3) is 0 Å². The van der Waals surface area contributed by atoms with Crippen LogP contribution in [-0.2, 0) is 13.0 Å². The first-order chi connectivity index (χ1) is 9.60. The molecule has 1 aromatic heterocycles. The quantitative estimate of drug-likeness (QED) is 0.875. The summed E-state index contributed by atoms with van der Waals surface area (Å²) in [5.41, 5.74) is 0.473. The lowest BCUT2D eigenvalue weighted by Crippen LogP contribution is -2.03. The molecule has 0 aliphatic rings. The molecule has 4 nitrogen and oxygen atoms in total. The van der Waals surface area contributed by atoms with Gasteiger partial charge in [-0.05, 0) is 37.1 Å². The summed E-state index contributed by atoms with van der Waals surface area (Å²) in [6, 6.07) is 6.92. The minimum absolute atomic E-state index is 0.142. The van der Waals surface area contributed by atoms with Crippen molar-refractivity contribution in [3.63, 3.8) is 0 Å². The number of hydrogen-bond donors (Lipinski definition) is 1. The highest BCUT2D eigenvalue weighted by Crippen LogP contribution is 2.22. The predicted molar refractivity (Wildman–Crippen MR) is 78.9 cm³/mol. The number of halogens is 1. The number of ether oxygens (including phenoxy) is 1. The molecule has 1 heterocycles. The maximum Gasteiger partial charge on any atom is 0.347 e. The lowest BCUT2D eigenvalue weighted by Gasteiger charge is -2.04. The zero-order chi connectivity index (χ0) is 14.5. The molecule has 0 unspecified atom stereocenters. The molecular formula is C14H14ClNO3S. The van der Waals surface area contributed by atoms with Crippen LogP contribution in [0.5, 0.6) is 5.75 Å². The van der Waals surface area contributed by atoms with Crippen molar-refractivity contribution in [1.29, 1.82) is 0 Å². The summed E-state index contributed by atoms with van der Waals surface area (Å²) in [4.78, 5) is 15.8. The lowest BCUT2D eigenvalue weighted by atomic mass is 10.3. The summed E-state index contributed by atoms with van der Waals surface area (Å²) in [5, 5.41) is 10.6. The number of carboxylic acid groups (broad SMARTS) is 1. The Hall–Kier alpha value is -1.59. The maximum atomic E-state index is 11.2. The monoisotopic (exact) mass is 311 g/mol. The van der Waals surface area contributed by atoms with Gasteiger partial charge < -0.3 is 9.84 Å². The number of carbonyl (C=O) groups is 1. The normalized spacial score (nSPS) is 10.5. The summed E-state index contributed by atoms with van der Waals surface area (Å²) < 4.78 is 5.55. The van der Waals surface area contributed by atoms with Crippen LogP contribution in [0.1, 0.15) is 33.7 Å². The SMILES string of the molecule is CCCc1nc(COc2ccc(Cl)cc2)c(C(=O)O)s1. The largest absolute Gasteiger partial charge is 0.487 e. The number of rotatable bonds is 6. The third kappa shape index (κ3) is 3.71. The molecule has 2 rings (SSSR count). The molecule has 0 saturated heterocycles. The van der Waals surface area contributed by atoms with E-state index >= 15 is 0 Å². The number of nitrogens with zero attached hydrogens (tertiary/aromatic N) is 1. The second kappa shape index (κ2) is 6.72. The molecule has 0 amide bonds. The van der Waals surface area contributed by atoms with Crippen molar-refractivity contribution in [3.8, 4) is 5.75 Å². The van der Waals surface area contributed by atoms with Crippen molar-refractivity contribution < 1.29 is 14.6 Å². The molecule has 106 valence electrons. The van der Waals surface area contributed by atoms with E-state index in [0.717, 1.165) is 17.8 Å². The second-order valence-electron chi connectivity index (χ2n) is 4.18. The van der Waals surface area contributed by atoms with Gasteiger partial charge in [0.15, 0.2) is 0 Å². The predicted octanol–water partition coefficient (Wildman–Crippen LogP) is 4.03. The van der Waals surface area contributed by atoms with Crippen LogP contribution in [0.15, 0.2) is 24.3 Å². The Kier molecular flexibility index (Phi) is 4.98. The van der Waals surface area contributed by atoms with E-state index in [2.05, 4.69) is 4.98 Å². The molecular weight excluding hydrogens is 298 g/mol. The molecule has 0 aliphatic heterocycles. The molecule has 0 atom stereocenters. The first-order valence-electron chi connectivity index (χ1n) is 6.20. The third-order valence-corrected chi connectivity index (χ3v) is 3.99. The molecule has 0 saturated carbocycles. The van der Waals surface area contributed by atoms with E-state index in [1.165, 1.54) is 11.3 Å². The Morgan fingerprint density at radius 1 is 1.40 bits per heavy atom. The topological polar surface area (TPSA) is 59.4 Å². The molecule has 1 aromatic carbocycles. The average Bonchev–Trinajstić information content (AvgIpc) is 2.82. The standard InChI is InChI=1S/C14H14ClNO3S/c1-2-3-12-16-11(13(20-12)14(17)18)8-19-10-6-4-9(15)5-7-10/h4-7H,2-3,8H2,1H3,(H,17,18). The maximum absolute atomic E-state index is 11.2. The van der Waals surface area contributed by atoms with Gasteiger partial charge in [0.2, 0.25) is 0 Å². The number of aromatic nitrogens is 1. The van der Waals surface area contributed by atoms with Crippen molar-refractivity contribution >= 4 is 28.9 Å². The Morgan fingerprint density at radius 3 is 2.70 bits per heavy atom. The van der Waals surface area contributed by atoms with E-state index < -0.39 is 5.97 Å². The molecule has 20 heavy (non-hydrogen) atoms. The van der Waals surface area contributed by atoms with E-state index in [4.69, 9.17) is 16.3 Å². The van der Waals surface area contributed by atoms with E-state index in [0.29, 0.717) is 16.5 Å². The number of carboxylic acids is 1. The number of aryl methyl sites for hydroxylation is 1. The summed E-state index contributed by atoms with van der Waals surface area (Å²) >= 11 is 7.01. The van der Waals surface area contributed by atoms with Crippen LogP contribution in [0.2, 0.25) is 5.02 Å². The highest BCUT2D eigenvalue weighted by atomic mass is 35.5. The van der Waals surface area contributed by atoms with Gasteiger partial charge in [0.05, 0.1) is 5.01 Å². The first kappa shape index (κ1) is 14.8. The Morgan fingerprint density at radius 2 is 2.10 bits per heavy atom. The minimum Gasteiger partial charge on any atom is -0.487 e. The number of hydrogen-bond acceptors (Lipinski definition) is 4. The lowest BCUT2D eigenvalue weighted by molar-refractivity contribution is 0.0699. The zero-order valence-electron chi connectivity index (χ0n) is 10.9. The van der Waals surface area contributed by atoms with Gasteiger partial charge in [-0.1, -0.05) is 18.5 Å². The van der Waals surface area contributed by atoms with E-state index in [1.54, 1.807) is 24.3 Å². The molecule has 0 spiro atoms. The fourth-order valence-corrected chi connectivity index (χ4v) is 2.80. The summed E-state index contributed by atoms with van der Waals surface area (Å²) in [7, 11) is 0. The Balaban J connectivity index is 2.11. The Bertz CT molecular complexity index is 595. The average molecular weight is 312 g/mol. The fourth-order valence-electron chi connectivity index (χ4n) is 1.67. The molecule has 1 N–H and O–H groups in total.